The van der Waals surface area contributed by atoms with E-state index in [0.717, 1.165) is 25.1 Å². The van der Waals surface area contributed by atoms with Crippen LogP contribution in [0.4, 0.5) is 0 Å². The van der Waals surface area contributed by atoms with Crippen LogP contribution >= 0.6 is 0 Å². The van der Waals surface area contributed by atoms with Crippen LogP contribution in [0.3, 0.4) is 0 Å². The van der Waals surface area contributed by atoms with E-state index in [-0.39, 0.29) is 12.1 Å². The fourth-order valence-electron chi connectivity index (χ4n) is 3.54. The van der Waals surface area contributed by atoms with Gasteiger partial charge in [-0.2, -0.15) is 0 Å². The van der Waals surface area contributed by atoms with E-state index in [1.54, 1.807) is 0 Å². The Morgan fingerprint density at radius 2 is 1.32 bits per heavy atom. The van der Waals surface area contributed by atoms with E-state index in [9.17, 15) is 0 Å². The highest BCUT2D eigenvalue weighted by molar-refractivity contribution is 5.24. The van der Waals surface area contributed by atoms with Gasteiger partial charge < -0.3 is 5.32 Å². The van der Waals surface area contributed by atoms with Gasteiger partial charge in [0.25, 0.3) is 0 Å². The highest BCUT2D eigenvalue weighted by Crippen LogP contribution is 2.18. The molecule has 2 atom stereocenters. The Balaban J connectivity index is 1.46. The van der Waals surface area contributed by atoms with Gasteiger partial charge in [0.05, 0.1) is 0 Å². The second-order valence-electron chi connectivity index (χ2n) is 7.20. The predicted molar refractivity (Wildman–Crippen MR) is 113 cm³/mol. The average molecular weight is 370 g/mol. The Labute approximate surface area is 167 Å². The van der Waals surface area contributed by atoms with Crippen molar-refractivity contribution in [1.82, 2.24) is 10.8 Å². The van der Waals surface area contributed by atoms with Gasteiger partial charge in [0.1, 0.15) is 6.10 Å². The minimum atomic E-state index is -0.0115. The summed E-state index contributed by atoms with van der Waals surface area (Å²) in [5.74, 6) is 0. The molecule has 1 aliphatic rings. The molecule has 0 saturated carbocycles. The second kappa shape index (κ2) is 9.36. The molecule has 0 fully saturated rings. The first kappa shape index (κ1) is 18.5. The lowest BCUT2D eigenvalue weighted by molar-refractivity contribution is 0.0200. The van der Waals surface area contributed by atoms with E-state index in [0.29, 0.717) is 0 Å². The van der Waals surface area contributed by atoms with E-state index in [4.69, 9.17) is 4.84 Å². The zero-order valence-corrected chi connectivity index (χ0v) is 15.9. The number of hydrogen-bond acceptors (Lipinski definition) is 3. The van der Waals surface area contributed by atoms with Crippen LogP contribution in [0.15, 0.2) is 103 Å². The van der Waals surface area contributed by atoms with Gasteiger partial charge in [0.15, 0.2) is 0 Å². The molecular formula is C25H26N2O. The summed E-state index contributed by atoms with van der Waals surface area (Å²) >= 11 is 0. The van der Waals surface area contributed by atoms with Crippen molar-refractivity contribution in [3.8, 4) is 0 Å². The standard InChI is InChI=1S/C25H26N2O/c1-4-10-20(11-5-1)16-23-18-25(28-27-23)24(17-21-12-6-2-7-13-21)26-19-22-14-8-3-9-15-22/h1-15,18,24-27H,16-17,19H2. The van der Waals surface area contributed by atoms with E-state index in [1.165, 1.54) is 16.7 Å². The number of hydrogen-bond donors (Lipinski definition) is 2. The third-order valence-electron chi connectivity index (χ3n) is 5.04. The normalized spacial score (nSPS) is 17.0. The third-order valence-corrected chi connectivity index (χ3v) is 5.04. The summed E-state index contributed by atoms with van der Waals surface area (Å²) < 4.78 is 0. The molecule has 3 nitrogen and oxygen atoms in total. The van der Waals surface area contributed by atoms with Crippen LogP contribution in [0.1, 0.15) is 16.7 Å². The van der Waals surface area contributed by atoms with Crippen LogP contribution in [0, 0.1) is 0 Å². The number of nitrogens with one attached hydrogen (secondary N) is 2. The van der Waals surface area contributed by atoms with Gasteiger partial charge in [-0.25, -0.2) is 0 Å². The Kier molecular flexibility index (Phi) is 6.18. The first-order chi connectivity index (χ1) is 13.9. The summed E-state index contributed by atoms with van der Waals surface area (Å²) in [6.45, 7) is 0.820. The first-order valence-electron chi connectivity index (χ1n) is 9.84. The molecule has 3 heteroatoms. The molecule has 0 saturated heterocycles. The van der Waals surface area contributed by atoms with Crippen LogP contribution in [-0.2, 0) is 24.2 Å². The smallest absolute Gasteiger partial charge is 0.121 e. The van der Waals surface area contributed by atoms with Crippen molar-refractivity contribution in [1.29, 1.82) is 0 Å². The Hall–Kier alpha value is -2.88. The van der Waals surface area contributed by atoms with Gasteiger partial charge >= 0.3 is 0 Å². The van der Waals surface area contributed by atoms with Crippen molar-refractivity contribution in [3.05, 3.63) is 119 Å². The highest BCUT2D eigenvalue weighted by atomic mass is 16.7. The Morgan fingerprint density at radius 1 is 0.750 bits per heavy atom. The topological polar surface area (TPSA) is 33.3 Å². The molecule has 1 aliphatic heterocycles. The van der Waals surface area contributed by atoms with Crippen molar-refractivity contribution in [3.63, 3.8) is 0 Å². The number of hydroxylamine groups is 1. The molecule has 28 heavy (non-hydrogen) atoms. The minimum absolute atomic E-state index is 0.0115. The molecule has 2 unspecified atom stereocenters. The zero-order valence-electron chi connectivity index (χ0n) is 15.9. The second-order valence-corrected chi connectivity index (χ2v) is 7.20. The lowest BCUT2D eigenvalue weighted by Gasteiger charge is -2.23. The van der Waals surface area contributed by atoms with Crippen LogP contribution in [0.25, 0.3) is 0 Å². The molecule has 0 radical (unpaired) electrons. The lowest BCUT2D eigenvalue weighted by Crippen LogP contribution is -2.41. The highest BCUT2D eigenvalue weighted by Gasteiger charge is 2.26. The van der Waals surface area contributed by atoms with Gasteiger partial charge in [-0.15, -0.1) is 0 Å². The maximum Gasteiger partial charge on any atom is 0.121 e. The van der Waals surface area contributed by atoms with E-state index < -0.39 is 0 Å². The van der Waals surface area contributed by atoms with Crippen LogP contribution in [0.5, 0.6) is 0 Å². The minimum Gasteiger partial charge on any atom is -0.307 e. The summed E-state index contributed by atoms with van der Waals surface area (Å²) in [7, 11) is 0. The van der Waals surface area contributed by atoms with Gasteiger partial charge in [0, 0.05) is 24.7 Å². The SMILES string of the molecule is C1=C(Cc2ccccc2)NOC1C(Cc1ccccc1)NCc1ccccc1. The summed E-state index contributed by atoms with van der Waals surface area (Å²) in [6.07, 6.45) is 3.98. The van der Waals surface area contributed by atoms with Gasteiger partial charge in [0.2, 0.25) is 0 Å². The first-order valence-corrected chi connectivity index (χ1v) is 9.84. The van der Waals surface area contributed by atoms with Crippen molar-refractivity contribution < 1.29 is 4.84 Å². The van der Waals surface area contributed by atoms with Crippen molar-refractivity contribution in [2.24, 2.45) is 0 Å². The summed E-state index contributed by atoms with van der Waals surface area (Å²) in [5, 5.41) is 3.70. The van der Waals surface area contributed by atoms with Crippen molar-refractivity contribution in [2.45, 2.75) is 31.5 Å². The number of benzene rings is 3. The van der Waals surface area contributed by atoms with Gasteiger partial charge in [-0.1, -0.05) is 91.0 Å². The fourth-order valence-corrected chi connectivity index (χ4v) is 3.54. The molecule has 0 amide bonds. The summed E-state index contributed by atoms with van der Waals surface area (Å²) in [4.78, 5) is 5.96. The van der Waals surface area contributed by atoms with Crippen LogP contribution in [0.2, 0.25) is 0 Å². The van der Waals surface area contributed by atoms with Crippen molar-refractivity contribution >= 4 is 0 Å². The molecule has 3 aromatic carbocycles. The molecule has 0 aromatic heterocycles. The monoisotopic (exact) mass is 370 g/mol. The molecule has 2 N–H and O–H groups in total. The number of rotatable bonds is 8. The van der Waals surface area contributed by atoms with Crippen LogP contribution in [-0.4, -0.2) is 12.1 Å². The quantitative estimate of drug-likeness (QED) is 0.616. The molecule has 0 spiro atoms. The zero-order chi connectivity index (χ0) is 19.0. The van der Waals surface area contributed by atoms with Crippen molar-refractivity contribution in [2.75, 3.05) is 0 Å². The van der Waals surface area contributed by atoms with Crippen LogP contribution < -0.4 is 10.8 Å². The van der Waals surface area contributed by atoms with Gasteiger partial charge in [-0.3, -0.25) is 10.3 Å². The molecule has 1 heterocycles. The Bertz CT molecular complexity index is 878. The molecule has 0 bridgehead atoms. The largest absolute Gasteiger partial charge is 0.307 e. The molecular weight excluding hydrogens is 344 g/mol. The lowest BCUT2D eigenvalue weighted by atomic mass is 9.99. The molecule has 142 valence electrons. The third kappa shape index (κ3) is 5.10. The summed E-state index contributed by atoms with van der Waals surface area (Å²) in [5.41, 5.74) is 8.13. The van der Waals surface area contributed by atoms with E-state index in [1.807, 2.05) is 12.1 Å². The molecule has 0 aliphatic carbocycles. The Morgan fingerprint density at radius 3 is 1.96 bits per heavy atom. The fraction of sp³-hybridized carbons (Fsp3) is 0.200. The van der Waals surface area contributed by atoms with Gasteiger partial charge in [-0.05, 0) is 29.2 Å². The van der Waals surface area contributed by atoms with E-state index in [2.05, 4.69) is 95.7 Å². The maximum absolute atomic E-state index is 5.96. The predicted octanol–water partition coefficient (Wildman–Crippen LogP) is 4.42. The summed E-state index contributed by atoms with van der Waals surface area (Å²) in [6, 6.07) is 31.8. The molecule has 4 rings (SSSR count). The maximum atomic E-state index is 5.96. The van der Waals surface area contributed by atoms with E-state index >= 15 is 0 Å². The molecule has 3 aromatic rings. The average Bonchev–Trinajstić information content (AvgIpc) is 3.22. The number of allylic oxidation sites excluding steroid dienone is 1.